The predicted molar refractivity (Wildman–Crippen MR) is 116 cm³/mol. The van der Waals surface area contributed by atoms with Crippen molar-refractivity contribution in [2.24, 2.45) is 22.6 Å². The lowest BCUT2D eigenvalue weighted by Crippen LogP contribution is -2.49. The van der Waals surface area contributed by atoms with Crippen molar-refractivity contribution in [3.05, 3.63) is 0 Å². The maximum Gasteiger partial charge on any atom is 0.220 e. The summed E-state index contributed by atoms with van der Waals surface area (Å²) in [5.74, 6) is 2.95. The second kappa shape index (κ2) is 11.8. The maximum atomic E-state index is 11.2. The number of piperidine rings is 1. The van der Waals surface area contributed by atoms with E-state index in [-0.39, 0.29) is 11.8 Å². The van der Waals surface area contributed by atoms with Crippen LogP contribution in [0.15, 0.2) is 4.99 Å². The van der Waals surface area contributed by atoms with E-state index in [0.29, 0.717) is 11.2 Å². The van der Waals surface area contributed by atoms with Crippen molar-refractivity contribution in [3.63, 3.8) is 0 Å². The van der Waals surface area contributed by atoms with Gasteiger partial charge in [0.05, 0.1) is 0 Å². The molecule has 6 nitrogen and oxygen atoms in total. The van der Waals surface area contributed by atoms with Crippen LogP contribution in [0.3, 0.4) is 0 Å². The lowest BCUT2D eigenvalue weighted by Gasteiger charge is -2.36. The van der Waals surface area contributed by atoms with Crippen molar-refractivity contribution in [2.45, 2.75) is 51.7 Å². The lowest BCUT2D eigenvalue weighted by molar-refractivity contribution is -0.123. The van der Waals surface area contributed by atoms with Crippen LogP contribution in [-0.2, 0) is 4.79 Å². The van der Waals surface area contributed by atoms with Crippen molar-refractivity contribution < 1.29 is 4.79 Å². The number of thioether (sulfide) groups is 1. The van der Waals surface area contributed by atoms with Gasteiger partial charge in [-0.05, 0) is 58.2 Å². The molecule has 2 rings (SSSR count). The molecular weight excluding hydrogens is 358 g/mol. The number of nitrogens with zero attached hydrogens (tertiary/aromatic N) is 3. The van der Waals surface area contributed by atoms with Crippen LogP contribution in [-0.4, -0.2) is 78.5 Å². The summed E-state index contributed by atoms with van der Waals surface area (Å²) in [6.07, 6.45) is 4.11. The highest BCUT2D eigenvalue weighted by Crippen LogP contribution is 2.25. The Bertz CT molecular complexity index is 477. The van der Waals surface area contributed by atoms with Crippen molar-refractivity contribution in [1.82, 2.24) is 15.1 Å². The van der Waals surface area contributed by atoms with Gasteiger partial charge in [-0.15, -0.1) is 0 Å². The quantitative estimate of drug-likeness (QED) is 0.372. The van der Waals surface area contributed by atoms with E-state index in [1.807, 2.05) is 0 Å². The molecule has 0 saturated carbocycles. The molecule has 2 saturated heterocycles. The van der Waals surface area contributed by atoms with E-state index in [2.05, 4.69) is 47.6 Å². The van der Waals surface area contributed by atoms with Gasteiger partial charge in [0.2, 0.25) is 5.91 Å². The zero-order valence-electron chi connectivity index (χ0n) is 17.5. The Hall–Kier alpha value is -0.950. The van der Waals surface area contributed by atoms with Gasteiger partial charge in [-0.1, -0.05) is 13.8 Å². The molecule has 0 aromatic heterocycles. The van der Waals surface area contributed by atoms with Crippen molar-refractivity contribution in [1.29, 1.82) is 0 Å². The monoisotopic (exact) mass is 397 g/mol. The molecule has 1 amide bonds. The van der Waals surface area contributed by atoms with Crippen LogP contribution in [0.1, 0.15) is 46.5 Å². The van der Waals surface area contributed by atoms with E-state index in [1.165, 1.54) is 5.75 Å². The minimum Gasteiger partial charge on any atom is -0.369 e. The number of unbranched alkanes of at least 4 members (excludes halogenated alkanes) is 1. The van der Waals surface area contributed by atoms with Crippen LogP contribution in [0.5, 0.6) is 0 Å². The summed E-state index contributed by atoms with van der Waals surface area (Å²) in [5, 5.41) is 4.18. The number of primary amides is 1. The van der Waals surface area contributed by atoms with E-state index in [1.54, 1.807) is 0 Å². The molecular formula is C20H39N5OS. The Labute approximate surface area is 169 Å². The average molecular weight is 398 g/mol. The number of hydrogen-bond acceptors (Lipinski definition) is 4. The first kappa shape index (κ1) is 22.3. The summed E-state index contributed by atoms with van der Waals surface area (Å²) < 4.78 is 0. The largest absolute Gasteiger partial charge is 0.369 e. The highest BCUT2D eigenvalue weighted by molar-refractivity contribution is 8.00. The molecule has 3 N–H and O–H groups in total. The fourth-order valence-electron chi connectivity index (χ4n) is 3.77. The molecule has 2 fully saturated rings. The Balaban J connectivity index is 1.70. The van der Waals surface area contributed by atoms with E-state index < -0.39 is 0 Å². The standard InChI is InChI=1S/C20H39N5OS/c1-4-22-20(25-13-14-27-18(15-25)16(2)3)23-9-5-6-10-24-11-7-17(8-12-24)19(21)26/h16-18H,4-15H2,1-3H3,(H2,21,26)(H,22,23). The average Bonchev–Trinajstić information content (AvgIpc) is 2.67. The van der Waals surface area contributed by atoms with Crippen LogP contribution in [0.2, 0.25) is 0 Å². The van der Waals surface area contributed by atoms with E-state index in [9.17, 15) is 4.79 Å². The molecule has 2 heterocycles. The first-order valence-corrected chi connectivity index (χ1v) is 11.7. The molecule has 2 aliphatic heterocycles. The highest BCUT2D eigenvalue weighted by Gasteiger charge is 2.25. The van der Waals surface area contributed by atoms with Crippen molar-refractivity contribution in [3.8, 4) is 0 Å². The van der Waals surface area contributed by atoms with Crippen LogP contribution in [0.4, 0.5) is 0 Å². The van der Waals surface area contributed by atoms with Gasteiger partial charge >= 0.3 is 0 Å². The minimum absolute atomic E-state index is 0.0888. The molecule has 156 valence electrons. The zero-order chi connectivity index (χ0) is 19.6. The van der Waals surface area contributed by atoms with Gasteiger partial charge < -0.3 is 20.9 Å². The molecule has 0 radical (unpaired) electrons. The minimum atomic E-state index is -0.129. The molecule has 27 heavy (non-hydrogen) atoms. The Kier molecular flexibility index (Phi) is 9.76. The number of likely N-dealkylation sites (tertiary alicyclic amines) is 1. The lowest BCUT2D eigenvalue weighted by atomic mass is 9.96. The summed E-state index contributed by atoms with van der Waals surface area (Å²) in [6, 6.07) is 0. The normalized spacial score (nSPS) is 23.0. The van der Waals surface area contributed by atoms with E-state index in [0.717, 1.165) is 77.5 Å². The number of aliphatic imine (C=N–C) groups is 1. The zero-order valence-corrected chi connectivity index (χ0v) is 18.3. The summed E-state index contributed by atoms with van der Waals surface area (Å²) in [6.45, 7) is 13.9. The number of rotatable bonds is 8. The number of guanidine groups is 1. The fourth-order valence-corrected chi connectivity index (χ4v) is 5.07. The van der Waals surface area contributed by atoms with Gasteiger partial charge in [-0.2, -0.15) is 11.8 Å². The van der Waals surface area contributed by atoms with Gasteiger partial charge in [0.25, 0.3) is 0 Å². The summed E-state index contributed by atoms with van der Waals surface area (Å²) in [5.41, 5.74) is 5.41. The second-order valence-electron chi connectivity index (χ2n) is 8.06. The highest BCUT2D eigenvalue weighted by atomic mass is 32.2. The number of amides is 1. The maximum absolute atomic E-state index is 11.2. The predicted octanol–water partition coefficient (Wildman–Crippen LogP) is 2.00. The van der Waals surface area contributed by atoms with E-state index >= 15 is 0 Å². The number of nitrogens with two attached hydrogens (primary N) is 1. The smallest absolute Gasteiger partial charge is 0.220 e. The second-order valence-corrected chi connectivity index (χ2v) is 9.41. The molecule has 2 aliphatic rings. The third kappa shape index (κ3) is 7.53. The van der Waals surface area contributed by atoms with Gasteiger partial charge in [0, 0.05) is 43.1 Å². The molecule has 0 spiro atoms. The summed E-state index contributed by atoms with van der Waals surface area (Å²) in [4.78, 5) is 21.0. The van der Waals surface area contributed by atoms with Gasteiger partial charge in [0.1, 0.15) is 0 Å². The number of carbonyl (C=O) groups is 1. The van der Waals surface area contributed by atoms with Crippen LogP contribution in [0.25, 0.3) is 0 Å². The molecule has 0 aromatic carbocycles. The third-order valence-electron chi connectivity index (χ3n) is 5.61. The van der Waals surface area contributed by atoms with Crippen LogP contribution in [0, 0.1) is 11.8 Å². The van der Waals surface area contributed by atoms with Crippen LogP contribution >= 0.6 is 11.8 Å². The number of nitrogens with one attached hydrogen (secondary N) is 1. The molecule has 0 aliphatic carbocycles. The third-order valence-corrected chi connectivity index (χ3v) is 7.15. The van der Waals surface area contributed by atoms with Crippen molar-refractivity contribution >= 4 is 23.6 Å². The first-order valence-electron chi connectivity index (χ1n) is 10.7. The molecule has 0 aromatic rings. The number of carbonyl (C=O) groups excluding carboxylic acids is 1. The molecule has 1 atom stereocenters. The topological polar surface area (TPSA) is 74.0 Å². The molecule has 0 bridgehead atoms. The Morgan fingerprint density at radius 1 is 1.26 bits per heavy atom. The number of hydrogen-bond donors (Lipinski definition) is 2. The van der Waals surface area contributed by atoms with E-state index in [4.69, 9.17) is 10.7 Å². The molecule has 1 unspecified atom stereocenters. The fraction of sp³-hybridized carbons (Fsp3) is 0.900. The SMILES string of the molecule is CCNC(=NCCCCN1CCC(C(N)=O)CC1)N1CCSC(C(C)C)C1. The van der Waals surface area contributed by atoms with Gasteiger partial charge in [-0.3, -0.25) is 9.79 Å². The first-order chi connectivity index (χ1) is 13.0. The Morgan fingerprint density at radius 2 is 2.00 bits per heavy atom. The van der Waals surface area contributed by atoms with Gasteiger partial charge in [0.15, 0.2) is 5.96 Å². The van der Waals surface area contributed by atoms with Crippen molar-refractivity contribution in [2.75, 3.05) is 51.6 Å². The summed E-state index contributed by atoms with van der Waals surface area (Å²) >= 11 is 2.10. The van der Waals surface area contributed by atoms with Crippen LogP contribution < -0.4 is 11.1 Å². The molecule has 7 heteroatoms. The Morgan fingerprint density at radius 3 is 2.63 bits per heavy atom. The van der Waals surface area contributed by atoms with Gasteiger partial charge in [-0.25, -0.2) is 0 Å². The summed E-state index contributed by atoms with van der Waals surface area (Å²) in [7, 11) is 0.